The summed E-state index contributed by atoms with van der Waals surface area (Å²) >= 11 is 0. The molecule has 0 N–H and O–H groups in total. The molecule has 1 aromatic carbocycles. The summed E-state index contributed by atoms with van der Waals surface area (Å²) in [5, 5.41) is 0. The van der Waals surface area contributed by atoms with E-state index in [9.17, 15) is 0 Å². The molecule has 0 unspecified atom stereocenters. The number of nitrogens with zero attached hydrogens (tertiary/aromatic N) is 4. The quantitative estimate of drug-likeness (QED) is 0.431. The average molecular weight is 347 g/mol. The van der Waals surface area contributed by atoms with E-state index in [4.69, 9.17) is 4.74 Å². The van der Waals surface area contributed by atoms with Crippen molar-refractivity contribution in [3.05, 3.63) is 35.9 Å². The molecule has 1 heterocycles. The maximum Gasteiger partial charge on any atom is 0.195 e. The molecule has 1 saturated heterocycles. The molecular formula is C20H34N4O. The second-order valence-electron chi connectivity index (χ2n) is 7.16. The third-order valence-electron chi connectivity index (χ3n) is 4.49. The predicted molar refractivity (Wildman–Crippen MR) is 105 cm³/mol. The molecule has 0 aromatic heterocycles. The molecular weight excluding hydrogens is 312 g/mol. The van der Waals surface area contributed by atoms with Crippen LogP contribution in [0.1, 0.15) is 24.8 Å². The topological polar surface area (TPSA) is 31.3 Å². The zero-order chi connectivity index (χ0) is 18.1. The van der Waals surface area contributed by atoms with Crippen LogP contribution in [0.15, 0.2) is 35.3 Å². The first-order chi connectivity index (χ1) is 12.1. The van der Waals surface area contributed by atoms with Gasteiger partial charge < -0.3 is 14.5 Å². The summed E-state index contributed by atoms with van der Waals surface area (Å²) in [5.74, 6) is 1.01. The van der Waals surface area contributed by atoms with Crippen LogP contribution in [0.25, 0.3) is 0 Å². The minimum atomic E-state index is 0.415. The van der Waals surface area contributed by atoms with Crippen molar-refractivity contribution in [3.8, 4) is 0 Å². The van der Waals surface area contributed by atoms with Crippen LogP contribution in [0, 0.1) is 0 Å². The Labute approximate surface area is 153 Å². The highest BCUT2D eigenvalue weighted by atomic mass is 16.5. The number of guanidine groups is 1. The molecule has 0 amide bonds. The van der Waals surface area contributed by atoms with Gasteiger partial charge in [0.1, 0.15) is 0 Å². The van der Waals surface area contributed by atoms with Gasteiger partial charge in [-0.25, -0.2) is 0 Å². The van der Waals surface area contributed by atoms with Crippen molar-refractivity contribution in [2.75, 3.05) is 54.4 Å². The summed E-state index contributed by atoms with van der Waals surface area (Å²) in [6.45, 7) is 4.94. The van der Waals surface area contributed by atoms with Gasteiger partial charge in [-0.3, -0.25) is 9.89 Å². The molecule has 5 heteroatoms. The van der Waals surface area contributed by atoms with Crippen LogP contribution in [-0.4, -0.2) is 81.2 Å². The Morgan fingerprint density at radius 3 is 2.32 bits per heavy atom. The van der Waals surface area contributed by atoms with Crippen LogP contribution in [0.5, 0.6) is 0 Å². The summed E-state index contributed by atoms with van der Waals surface area (Å²) in [7, 11) is 8.11. The van der Waals surface area contributed by atoms with E-state index in [1.165, 1.54) is 5.56 Å². The van der Waals surface area contributed by atoms with Gasteiger partial charge in [0.25, 0.3) is 0 Å². The highest BCUT2D eigenvalue weighted by Gasteiger charge is 2.19. The minimum absolute atomic E-state index is 0.415. The van der Waals surface area contributed by atoms with Gasteiger partial charge in [-0.15, -0.1) is 0 Å². The molecule has 1 aromatic rings. The summed E-state index contributed by atoms with van der Waals surface area (Å²) in [5.41, 5.74) is 1.40. The lowest BCUT2D eigenvalue weighted by Gasteiger charge is -2.32. The Kier molecular flexibility index (Phi) is 8.22. The van der Waals surface area contributed by atoms with Crippen molar-refractivity contribution < 1.29 is 4.74 Å². The fourth-order valence-electron chi connectivity index (χ4n) is 3.25. The lowest BCUT2D eigenvalue weighted by atomic mass is 10.1. The fourth-order valence-corrected chi connectivity index (χ4v) is 3.25. The van der Waals surface area contributed by atoms with Gasteiger partial charge in [0.15, 0.2) is 5.96 Å². The zero-order valence-electron chi connectivity index (χ0n) is 16.3. The van der Waals surface area contributed by atoms with E-state index in [1.807, 2.05) is 38.0 Å². The third-order valence-corrected chi connectivity index (χ3v) is 4.49. The molecule has 1 fully saturated rings. The van der Waals surface area contributed by atoms with Gasteiger partial charge >= 0.3 is 0 Å². The van der Waals surface area contributed by atoms with E-state index in [2.05, 4.69) is 40.2 Å². The van der Waals surface area contributed by atoms with Crippen molar-refractivity contribution >= 4 is 5.96 Å². The molecule has 5 nitrogen and oxygen atoms in total. The van der Waals surface area contributed by atoms with Crippen molar-refractivity contribution in [1.82, 2.24) is 14.7 Å². The largest absolute Gasteiger partial charge is 0.378 e. The SMILES string of the molecule is CN(C)C(=NCCCOC1CCN(Cc2ccccc2)CC1)N(C)C. The highest BCUT2D eigenvalue weighted by Crippen LogP contribution is 2.16. The molecule has 0 atom stereocenters. The Morgan fingerprint density at radius 1 is 1.08 bits per heavy atom. The van der Waals surface area contributed by atoms with Crippen molar-refractivity contribution in [2.45, 2.75) is 31.9 Å². The minimum Gasteiger partial charge on any atom is -0.378 e. The van der Waals surface area contributed by atoms with Crippen LogP contribution in [0.2, 0.25) is 0 Å². The smallest absolute Gasteiger partial charge is 0.195 e. The Balaban J connectivity index is 1.60. The number of aliphatic imine (C=N–C) groups is 1. The highest BCUT2D eigenvalue weighted by molar-refractivity contribution is 5.79. The maximum absolute atomic E-state index is 6.06. The Bertz CT molecular complexity index is 498. The number of rotatable bonds is 7. The molecule has 0 aliphatic carbocycles. The van der Waals surface area contributed by atoms with Crippen LogP contribution in [0.3, 0.4) is 0 Å². The number of likely N-dealkylation sites (tertiary alicyclic amines) is 1. The van der Waals surface area contributed by atoms with E-state index < -0.39 is 0 Å². The van der Waals surface area contributed by atoms with E-state index >= 15 is 0 Å². The van der Waals surface area contributed by atoms with Crippen LogP contribution < -0.4 is 0 Å². The maximum atomic E-state index is 6.06. The summed E-state index contributed by atoms with van der Waals surface area (Å²) in [4.78, 5) is 11.3. The van der Waals surface area contributed by atoms with Gasteiger partial charge in [0.2, 0.25) is 0 Å². The second kappa shape index (κ2) is 10.4. The van der Waals surface area contributed by atoms with Gasteiger partial charge in [0.05, 0.1) is 6.10 Å². The zero-order valence-corrected chi connectivity index (χ0v) is 16.3. The van der Waals surface area contributed by atoms with E-state index in [0.717, 1.165) is 58.0 Å². The normalized spacial score (nSPS) is 15.8. The molecule has 0 radical (unpaired) electrons. The molecule has 25 heavy (non-hydrogen) atoms. The first-order valence-electron chi connectivity index (χ1n) is 9.33. The predicted octanol–water partition coefficient (Wildman–Crippen LogP) is 2.54. The standard InChI is InChI=1S/C20H34N4O/c1-22(2)20(23(3)4)21-13-8-16-25-19-11-14-24(15-12-19)17-18-9-6-5-7-10-18/h5-7,9-10,19H,8,11-17H2,1-4H3. The summed E-state index contributed by atoms with van der Waals surface area (Å²) in [6, 6.07) is 10.7. The van der Waals surface area contributed by atoms with Crippen molar-refractivity contribution in [1.29, 1.82) is 0 Å². The fraction of sp³-hybridized carbons (Fsp3) is 0.650. The van der Waals surface area contributed by atoms with Crippen molar-refractivity contribution in [2.24, 2.45) is 4.99 Å². The number of hydrogen-bond acceptors (Lipinski definition) is 3. The molecule has 0 spiro atoms. The van der Waals surface area contributed by atoms with Gasteiger partial charge in [-0.1, -0.05) is 30.3 Å². The second-order valence-corrected chi connectivity index (χ2v) is 7.16. The molecule has 140 valence electrons. The first-order valence-corrected chi connectivity index (χ1v) is 9.33. The molecule has 1 aliphatic heterocycles. The Hall–Kier alpha value is -1.59. The average Bonchev–Trinajstić information content (AvgIpc) is 2.59. The van der Waals surface area contributed by atoms with E-state index in [-0.39, 0.29) is 0 Å². The lowest BCUT2D eigenvalue weighted by Crippen LogP contribution is -2.36. The number of benzene rings is 1. The van der Waals surface area contributed by atoms with Gasteiger partial charge in [-0.05, 0) is 24.8 Å². The lowest BCUT2D eigenvalue weighted by molar-refractivity contribution is 0.00564. The van der Waals surface area contributed by atoms with Gasteiger partial charge in [0, 0.05) is 61.0 Å². The first kappa shape index (κ1) is 19.7. The summed E-state index contributed by atoms with van der Waals surface area (Å²) in [6.07, 6.45) is 3.67. The number of piperidine rings is 1. The molecule has 0 bridgehead atoms. The van der Waals surface area contributed by atoms with E-state index in [0.29, 0.717) is 6.10 Å². The monoisotopic (exact) mass is 346 g/mol. The molecule has 0 saturated carbocycles. The molecule has 1 aliphatic rings. The third kappa shape index (κ3) is 7.04. The number of hydrogen-bond donors (Lipinski definition) is 0. The Morgan fingerprint density at radius 2 is 1.72 bits per heavy atom. The summed E-state index contributed by atoms with van der Waals surface area (Å²) < 4.78 is 6.06. The van der Waals surface area contributed by atoms with E-state index in [1.54, 1.807) is 0 Å². The number of ether oxygens (including phenoxy) is 1. The van der Waals surface area contributed by atoms with Crippen molar-refractivity contribution in [3.63, 3.8) is 0 Å². The van der Waals surface area contributed by atoms with Crippen LogP contribution >= 0.6 is 0 Å². The molecule has 2 rings (SSSR count). The van der Waals surface area contributed by atoms with Crippen LogP contribution in [0.4, 0.5) is 0 Å². The van der Waals surface area contributed by atoms with Gasteiger partial charge in [-0.2, -0.15) is 0 Å². The van der Waals surface area contributed by atoms with Crippen LogP contribution in [-0.2, 0) is 11.3 Å².